The molecule has 1 aromatic rings. The van der Waals surface area contributed by atoms with Crippen molar-refractivity contribution in [2.75, 3.05) is 18.1 Å². The highest BCUT2D eigenvalue weighted by atomic mass is 32.2. The van der Waals surface area contributed by atoms with Gasteiger partial charge in [-0.05, 0) is 30.7 Å². The standard InChI is InChI=1S/C13H20OS/c1-3-4-10-15-11-9-14-13-8-6-5-7-12(13)2/h5-8H,3-4,9-11H2,1-2H3. The van der Waals surface area contributed by atoms with Crippen molar-refractivity contribution in [2.24, 2.45) is 0 Å². The number of benzene rings is 1. The molecule has 1 aromatic carbocycles. The van der Waals surface area contributed by atoms with E-state index in [4.69, 9.17) is 4.74 Å². The van der Waals surface area contributed by atoms with Crippen LogP contribution >= 0.6 is 11.8 Å². The fourth-order valence-electron chi connectivity index (χ4n) is 1.28. The highest BCUT2D eigenvalue weighted by molar-refractivity contribution is 7.99. The van der Waals surface area contributed by atoms with E-state index in [1.807, 2.05) is 30.0 Å². The SMILES string of the molecule is CCCCSCCOc1ccccc1C. The predicted octanol–water partition coefficient (Wildman–Crippen LogP) is 3.91. The maximum absolute atomic E-state index is 5.70. The Bertz CT molecular complexity index is 273. The molecule has 0 N–H and O–H groups in total. The first-order valence-electron chi connectivity index (χ1n) is 5.60. The summed E-state index contributed by atoms with van der Waals surface area (Å²) in [4.78, 5) is 0. The first-order chi connectivity index (χ1) is 7.34. The Labute approximate surface area is 97.2 Å². The number of hydrogen-bond acceptors (Lipinski definition) is 2. The monoisotopic (exact) mass is 224 g/mol. The number of aryl methyl sites for hydroxylation is 1. The molecule has 0 spiro atoms. The van der Waals surface area contributed by atoms with Crippen LogP contribution in [-0.2, 0) is 0 Å². The highest BCUT2D eigenvalue weighted by Crippen LogP contribution is 2.16. The summed E-state index contributed by atoms with van der Waals surface area (Å²) in [6, 6.07) is 8.18. The van der Waals surface area contributed by atoms with Crippen LogP contribution in [0.25, 0.3) is 0 Å². The average Bonchev–Trinajstić information content (AvgIpc) is 2.25. The van der Waals surface area contributed by atoms with Crippen molar-refractivity contribution in [1.29, 1.82) is 0 Å². The van der Waals surface area contributed by atoms with Crippen LogP contribution < -0.4 is 4.74 Å². The third kappa shape index (κ3) is 5.12. The smallest absolute Gasteiger partial charge is 0.122 e. The Morgan fingerprint density at radius 1 is 1.20 bits per heavy atom. The van der Waals surface area contributed by atoms with Gasteiger partial charge in [0.25, 0.3) is 0 Å². The lowest BCUT2D eigenvalue weighted by molar-refractivity contribution is 0.341. The Hall–Kier alpha value is -0.630. The molecule has 0 unspecified atom stereocenters. The van der Waals surface area contributed by atoms with Gasteiger partial charge in [-0.2, -0.15) is 11.8 Å². The zero-order chi connectivity index (χ0) is 10.9. The Balaban J connectivity index is 2.12. The van der Waals surface area contributed by atoms with Gasteiger partial charge in [0.2, 0.25) is 0 Å². The maximum atomic E-state index is 5.70. The quantitative estimate of drug-likeness (QED) is 0.649. The van der Waals surface area contributed by atoms with Gasteiger partial charge in [0.15, 0.2) is 0 Å². The second-order valence-corrected chi connectivity index (χ2v) is 4.80. The van der Waals surface area contributed by atoms with Crippen LogP contribution in [0.15, 0.2) is 24.3 Å². The first-order valence-corrected chi connectivity index (χ1v) is 6.76. The maximum Gasteiger partial charge on any atom is 0.122 e. The van der Waals surface area contributed by atoms with E-state index < -0.39 is 0 Å². The van der Waals surface area contributed by atoms with E-state index in [-0.39, 0.29) is 0 Å². The molecule has 1 rings (SSSR count). The lowest BCUT2D eigenvalue weighted by Gasteiger charge is -2.08. The molecule has 84 valence electrons. The average molecular weight is 224 g/mol. The van der Waals surface area contributed by atoms with E-state index in [9.17, 15) is 0 Å². The van der Waals surface area contributed by atoms with Gasteiger partial charge in [0.1, 0.15) is 5.75 Å². The van der Waals surface area contributed by atoms with Crippen LogP contribution in [0.1, 0.15) is 25.3 Å². The van der Waals surface area contributed by atoms with E-state index in [0.29, 0.717) is 0 Å². The molecule has 0 aliphatic rings. The molecule has 1 nitrogen and oxygen atoms in total. The molecule has 2 heteroatoms. The van der Waals surface area contributed by atoms with Crippen molar-refractivity contribution >= 4 is 11.8 Å². The number of ether oxygens (including phenoxy) is 1. The summed E-state index contributed by atoms with van der Waals surface area (Å²) in [6.45, 7) is 5.13. The van der Waals surface area contributed by atoms with Gasteiger partial charge in [-0.3, -0.25) is 0 Å². The zero-order valence-corrected chi connectivity index (χ0v) is 10.5. The van der Waals surface area contributed by atoms with Crippen LogP contribution in [0.4, 0.5) is 0 Å². The van der Waals surface area contributed by atoms with Crippen LogP contribution in [0.5, 0.6) is 5.75 Å². The van der Waals surface area contributed by atoms with Gasteiger partial charge in [-0.15, -0.1) is 0 Å². The number of rotatable bonds is 7. The summed E-state index contributed by atoms with van der Waals surface area (Å²) in [5.41, 5.74) is 1.22. The minimum absolute atomic E-state index is 0.819. The van der Waals surface area contributed by atoms with E-state index in [0.717, 1.165) is 18.1 Å². The Kier molecular flexibility index (Phi) is 6.33. The van der Waals surface area contributed by atoms with Crippen molar-refractivity contribution in [3.05, 3.63) is 29.8 Å². The van der Waals surface area contributed by atoms with E-state index in [1.54, 1.807) is 0 Å². The minimum atomic E-state index is 0.819. The fourth-order valence-corrected chi connectivity index (χ4v) is 2.18. The molecular formula is C13H20OS. The molecular weight excluding hydrogens is 204 g/mol. The lowest BCUT2D eigenvalue weighted by Crippen LogP contribution is -2.01. The molecule has 0 fully saturated rings. The fraction of sp³-hybridized carbons (Fsp3) is 0.538. The van der Waals surface area contributed by atoms with Crippen LogP contribution in [0.3, 0.4) is 0 Å². The van der Waals surface area contributed by atoms with Crippen LogP contribution in [-0.4, -0.2) is 18.1 Å². The molecule has 0 saturated carbocycles. The second-order valence-electron chi connectivity index (χ2n) is 3.58. The lowest BCUT2D eigenvalue weighted by atomic mass is 10.2. The van der Waals surface area contributed by atoms with Crippen molar-refractivity contribution < 1.29 is 4.74 Å². The van der Waals surface area contributed by atoms with E-state index in [2.05, 4.69) is 19.9 Å². The zero-order valence-electron chi connectivity index (χ0n) is 9.66. The van der Waals surface area contributed by atoms with Crippen molar-refractivity contribution in [2.45, 2.75) is 26.7 Å². The number of unbranched alkanes of at least 4 members (excludes halogenated alkanes) is 1. The largest absolute Gasteiger partial charge is 0.492 e. The molecule has 0 heterocycles. The summed E-state index contributed by atoms with van der Waals surface area (Å²) in [6.07, 6.45) is 2.60. The summed E-state index contributed by atoms with van der Waals surface area (Å²) in [5.74, 6) is 3.37. The third-order valence-corrected chi connectivity index (χ3v) is 3.25. The minimum Gasteiger partial charge on any atom is -0.492 e. The Morgan fingerprint density at radius 2 is 2.00 bits per heavy atom. The van der Waals surface area contributed by atoms with Gasteiger partial charge in [-0.1, -0.05) is 31.5 Å². The molecule has 0 aliphatic heterocycles. The molecule has 0 saturated heterocycles. The topological polar surface area (TPSA) is 9.23 Å². The van der Waals surface area contributed by atoms with Crippen LogP contribution in [0, 0.1) is 6.92 Å². The first kappa shape index (κ1) is 12.4. The summed E-state index contributed by atoms with van der Waals surface area (Å²) < 4.78 is 5.70. The summed E-state index contributed by atoms with van der Waals surface area (Å²) >= 11 is 1.98. The summed E-state index contributed by atoms with van der Waals surface area (Å²) in [7, 11) is 0. The number of thioether (sulfide) groups is 1. The van der Waals surface area contributed by atoms with Gasteiger partial charge in [0, 0.05) is 5.75 Å². The summed E-state index contributed by atoms with van der Waals surface area (Å²) in [5, 5.41) is 0. The van der Waals surface area contributed by atoms with Crippen molar-refractivity contribution in [3.63, 3.8) is 0 Å². The van der Waals surface area contributed by atoms with Crippen LogP contribution in [0.2, 0.25) is 0 Å². The van der Waals surface area contributed by atoms with E-state index >= 15 is 0 Å². The van der Waals surface area contributed by atoms with Gasteiger partial charge < -0.3 is 4.74 Å². The molecule has 0 atom stereocenters. The van der Waals surface area contributed by atoms with Crippen molar-refractivity contribution in [1.82, 2.24) is 0 Å². The highest BCUT2D eigenvalue weighted by Gasteiger charge is 1.96. The van der Waals surface area contributed by atoms with Crippen molar-refractivity contribution in [3.8, 4) is 5.75 Å². The molecule has 0 amide bonds. The molecule has 0 aromatic heterocycles. The normalized spacial score (nSPS) is 10.3. The van der Waals surface area contributed by atoms with E-state index in [1.165, 1.54) is 24.2 Å². The molecule has 15 heavy (non-hydrogen) atoms. The van der Waals surface area contributed by atoms with Gasteiger partial charge >= 0.3 is 0 Å². The number of hydrogen-bond donors (Lipinski definition) is 0. The second kappa shape index (κ2) is 7.63. The molecule has 0 bridgehead atoms. The number of para-hydroxylation sites is 1. The predicted molar refractivity (Wildman–Crippen MR) is 68.9 cm³/mol. The van der Waals surface area contributed by atoms with Gasteiger partial charge in [0.05, 0.1) is 6.61 Å². The molecule has 0 aliphatic carbocycles. The third-order valence-electron chi connectivity index (χ3n) is 2.22. The Morgan fingerprint density at radius 3 is 2.73 bits per heavy atom. The van der Waals surface area contributed by atoms with Gasteiger partial charge in [-0.25, -0.2) is 0 Å². The molecule has 0 radical (unpaired) electrons.